The van der Waals surface area contributed by atoms with Crippen molar-refractivity contribution in [3.63, 3.8) is 0 Å². The van der Waals surface area contributed by atoms with Crippen molar-refractivity contribution in [2.45, 2.75) is 27.1 Å². The van der Waals surface area contributed by atoms with Crippen LogP contribution >= 0.6 is 0 Å². The number of hydrogen-bond acceptors (Lipinski definition) is 3. The second kappa shape index (κ2) is 10.7. The molecule has 0 atom stereocenters. The van der Waals surface area contributed by atoms with Crippen LogP contribution in [-0.2, 0) is 13.2 Å². The number of hydrogen-bond donors (Lipinski definition) is 1. The van der Waals surface area contributed by atoms with Crippen molar-refractivity contribution in [2.24, 2.45) is 0 Å². The predicted molar refractivity (Wildman–Crippen MR) is 106 cm³/mol. The summed E-state index contributed by atoms with van der Waals surface area (Å²) >= 11 is 0. The van der Waals surface area contributed by atoms with Gasteiger partial charge in [-0.15, -0.1) is 0 Å². The standard InChI is InChI=1S/C21H18O4.C2H6/c22-21(23)18-12-7-13-19(24-14-16-8-3-1-4-9-16)20(18)25-15-17-10-5-2-6-11-17;1-2/h1-13H,14-15H2,(H,22,23);1-2H3. The molecule has 3 aromatic rings. The van der Waals surface area contributed by atoms with Gasteiger partial charge in [0, 0.05) is 0 Å². The van der Waals surface area contributed by atoms with Crippen molar-refractivity contribution >= 4 is 5.97 Å². The van der Waals surface area contributed by atoms with E-state index in [9.17, 15) is 9.90 Å². The summed E-state index contributed by atoms with van der Waals surface area (Å²) in [6.07, 6.45) is 0. The lowest BCUT2D eigenvalue weighted by Gasteiger charge is -2.15. The third-order valence-electron chi connectivity index (χ3n) is 3.67. The highest BCUT2D eigenvalue weighted by molar-refractivity contribution is 5.92. The molecular formula is C23H24O4. The van der Waals surface area contributed by atoms with E-state index in [4.69, 9.17) is 9.47 Å². The summed E-state index contributed by atoms with van der Waals surface area (Å²) in [5.74, 6) is -0.386. The summed E-state index contributed by atoms with van der Waals surface area (Å²) in [4.78, 5) is 11.5. The number of aromatic carboxylic acids is 1. The first-order valence-electron chi connectivity index (χ1n) is 8.94. The number of carbonyl (C=O) groups is 1. The molecule has 3 aromatic carbocycles. The maximum atomic E-state index is 11.5. The van der Waals surface area contributed by atoms with E-state index < -0.39 is 5.97 Å². The summed E-state index contributed by atoms with van der Waals surface area (Å²) < 4.78 is 11.6. The molecule has 27 heavy (non-hydrogen) atoms. The van der Waals surface area contributed by atoms with Gasteiger partial charge in [-0.2, -0.15) is 0 Å². The largest absolute Gasteiger partial charge is 0.485 e. The molecule has 0 radical (unpaired) electrons. The van der Waals surface area contributed by atoms with Crippen LogP contribution in [0.4, 0.5) is 0 Å². The van der Waals surface area contributed by atoms with Crippen molar-refractivity contribution in [2.75, 3.05) is 0 Å². The van der Waals surface area contributed by atoms with Crippen molar-refractivity contribution < 1.29 is 19.4 Å². The van der Waals surface area contributed by atoms with Crippen molar-refractivity contribution in [3.8, 4) is 11.5 Å². The Kier molecular flexibility index (Phi) is 7.92. The molecule has 1 N–H and O–H groups in total. The Morgan fingerprint density at radius 3 is 1.78 bits per heavy atom. The number of carboxylic acid groups (broad SMARTS) is 1. The second-order valence-electron chi connectivity index (χ2n) is 5.49. The lowest BCUT2D eigenvalue weighted by atomic mass is 10.1. The third kappa shape index (κ3) is 5.89. The zero-order chi connectivity index (χ0) is 19.5. The quantitative estimate of drug-likeness (QED) is 0.595. The van der Waals surface area contributed by atoms with Gasteiger partial charge >= 0.3 is 5.97 Å². The molecule has 0 heterocycles. The SMILES string of the molecule is CC.O=C(O)c1cccc(OCc2ccccc2)c1OCc1ccccc1. The van der Waals surface area contributed by atoms with Gasteiger partial charge in [-0.05, 0) is 23.3 Å². The van der Waals surface area contributed by atoms with E-state index in [2.05, 4.69) is 0 Å². The summed E-state index contributed by atoms with van der Waals surface area (Å²) in [5, 5.41) is 9.44. The highest BCUT2D eigenvalue weighted by Gasteiger charge is 2.17. The van der Waals surface area contributed by atoms with Crippen LogP contribution in [0.2, 0.25) is 0 Å². The summed E-state index contributed by atoms with van der Waals surface area (Å²) in [5.41, 5.74) is 2.04. The van der Waals surface area contributed by atoms with Crippen molar-refractivity contribution in [1.82, 2.24) is 0 Å². The third-order valence-corrected chi connectivity index (χ3v) is 3.67. The molecule has 0 spiro atoms. The second-order valence-corrected chi connectivity index (χ2v) is 5.49. The van der Waals surface area contributed by atoms with E-state index in [1.165, 1.54) is 6.07 Å². The fraction of sp³-hybridized carbons (Fsp3) is 0.174. The van der Waals surface area contributed by atoms with Gasteiger partial charge in [-0.25, -0.2) is 4.79 Å². The smallest absolute Gasteiger partial charge is 0.339 e. The first-order valence-corrected chi connectivity index (χ1v) is 8.94. The van der Waals surface area contributed by atoms with E-state index in [0.29, 0.717) is 12.4 Å². The molecule has 0 bridgehead atoms. The minimum Gasteiger partial charge on any atom is -0.485 e. The van der Waals surface area contributed by atoms with Crippen LogP contribution in [0.5, 0.6) is 11.5 Å². The van der Waals surface area contributed by atoms with Crippen molar-refractivity contribution in [3.05, 3.63) is 95.6 Å². The van der Waals surface area contributed by atoms with Gasteiger partial charge in [0.1, 0.15) is 18.8 Å². The van der Waals surface area contributed by atoms with Crippen LogP contribution in [0.3, 0.4) is 0 Å². The van der Waals surface area contributed by atoms with Crippen molar-refractivity contribution in [1.29, 1.82) is 0 Å². The molecule has 0 saturated carbocycles. The molecular weight excluding hydrogens is 340 g/mol. The fourth-order valence-corrected chi connectivity index (χ4v) is 2.41. The van der Waals surface area contributed by atoms with E-state index in [1.54, 1.807) is 12.1 Å². The number of para-hydroxylation sites is 1. The van der Waals surface area contributed by atoms with Gasteiger partial charge in [0.05, 0.1) is 0 Å². The van der Waals surface area contributed by atoms with Gasteiger partial charge in [-0.3, -0.25) is 0 Å². The molecule has 0 aliphatic heterocycles. The average Bonchev–Trinajstić information content (AvgIpc) is 2.73. The molecule has 0 aliphatic rings. The zero-order valence-corrected chi connectivity index (χ0v) is 15.6. The average molecular weight is 364 g/mol. The van der Waals surface area contributed by atoms with Gasteiger partial charge in [0.15, 0.2) is 11.5 Å². The minimum atomic E-state index is -1.05. The fourth-order valence-electron chi connectivity index (χ4n) is 2.41. The van der Waals surface area contributed by atoms with Gasteiger partial charge in [-0.1, -0.05) is 80.6 Å². The molecule has 3 rings (SSSR count). The van der Waals surface area contributed by atoms with Gasteiger partial charge in [0.25, 0.3) is 0 Å². The van der Waals surface area contributed by atoms with E-state index >= 15 is 0 Å². The Balaban J connectivity index is 0.00000126. The number of ether oxygens (including phenoxy) is 2. The molecule has 0 aliphatic carbocycles. The number of benzene rings is 3. The summed E-state index contributed by atoms with van der Waals surface area (Å²) in [6.45, 7) is 4.61. The van der Waals surface area contributed by atoms with E-state index in [0.717, 1.165) is 11.1 Å². The summed E-state index contributed by atoms with van der Waals surface area (Å²) in [6, 6.07) is 24.2. The topological polar surface area (TPSA) is 55.8 Å². The molecule has 0 unspecified atom stereocenters. The first kappa shape index (κ1) is 20.0. The van der Waals surface area contributed by atoms with Crippen LogP contribution in [0.1, 0.15) is 35.3 Å². The Bertz CT molecular complexity index is 830. The molecule has 4 nitrogen and oxygen atoms in total. The van der Waals surface area contributed by atoms with Crippen LogP contribution in [-0.4, -0.2) is 11.1 Å². The number of rotatable bonds is 7. The highest BCUT2D eigenvalue weighted by atomic mass is 16.5. The molecule has 140 valence electrons. The normalized spacial score (nSPS) is 9.70. The Morgan fingerprint density at radius 2 is 1.26 bits per heavy atom. The Hall–Kier alpha value is -3.27. The molecule has 0 saturated heterocycles. The Morgan fingerprint density at radius 1 is 0.741 bits per heavy atom. The van der Waals surface area contributed by atoms with Crippen LogP contribution in [0.15, 0.2) is 78.9 Å². The summed E-state index contributed by atoms with van der Waals surface area (Å²) in [7, 11) is 0. The maximum absolute atomic E-state index is 11.5. The maximum Gasteiger partial charge on any atom is 0.339 e. The molecule has 0 aromatic heterocycles. The molecule has 0 fully saturated rings. The van der Waals surface area contributed by atoms with Crippen LogP contribution in [0, 0.1) is 0 Å². The van der Waals surface area contributed by atoms with Crippen LogP contribution in [0.25, 0.3) is 0 Å². The predicted octanol–water partition coefficient (Wildman–Crippen LogP) is 5.57. The molecule has 4 heteroatoms. The van der Waals surface area contributed by atoms with E-state index in [-0.39, 0.29) is 17.9 Å². The number of carboxylic acids is 1. The minimum absolute atomic E-state index is 0.0847. The van der Waals surface area contributed by atoms with Gasteiger partial charge in [0.2, 0.25) is 0 Å². The van der Waals surface area contributed by atoms with Gasteiger partial charge < -0.3 is 14.6 Å². The lowest BCUT2D eigenvalue weighted by Crippen LogP contribution is -2.06. The first-order chi connectivity index (χ1) is 13.2. The van der Waals surface area contributed by atoms with E-state index in [1.807, 2.05) is 74.5 Å². The Labute approximate surface area is 160 Å². The zero-order valence-electron chi connectivity index (χ0n) is 15.6. The lowest BCUT2D eigenvalue weighted by molar-refractivity contribution is 0.0690. The van der Waals surface area contributed by atoms with Crippen LogP contribution < -0.4 is 9.47 Å². The monoisotopic (exact) mass is 364 g/mol. The molecule has 0 amide bonds. The highest BCUT2D eigenvalue weighted by Crippen LogP contribution is 2.32.